The quantitative estimate of drug-likeness (QED) is 0.601. The standard InChI is InChI=1S/C18H14OS/c1-13-16(14-6-3-2-4-7-14)8-5-9-17(13)18-11-10-15(12-19)20-18/h2-12H,1H3. The summed E-state index contributed by atoms with van der Waals surface area (Å²) in [6, 6.07) is 20.6. The summed E-state index contributed by atoms with van der Waals surface area (Å²) in [6.45, 7) is 2.14. The topological polar surface area (TPSA) is 17.1 Å². The molecular weight excluding hydrogens is 264 g/mol. The zero-order valence-electron chi connectivity index (χ0n) is 11.2. The van der Waals surface area contributed by atoms with E-state index in [4.69, 9.17) is 0 Å². The van der Waals surface area contributed by atoms with Gasteiger partial charge in [-0.25, -0.2) is 0 Å². The fourth-order valence-corrected chi connectivity index (χ4v) is 3.30. The van der Waals surface area contributed by atoms with Crippen molar-refractivity contribution in [3.8, 4) is 21.6 Å². The van der Waals surface area contributed by atoms with Crippen molar-refractivity contribution in [2.45, 2.75) is 6.92 Å². The Hall–Kier alpha value is -2.19. The number of thiophene rings is 1. The summed E-state index contributed by atoms with van der Waals surface area (Å²) in [5.74, 6) is 0. The van der Waals surface area contributed by atoms with Crippen molar-refractivity contribution < 1.29 is 4.79 Å². The molecule has 0 N–H and O–H groups in total. The number of aldehydes is 1. The van der Waals surface area contributed by atoms with E-state index in [1.165, 1.54) is 33.6 Å². The van der Waals surface area contributed by atoms with Crippen LogP contribution in [0.25, 0.3) is 21.6 Å². The molecule has 0 aliphatic rings. The van der Waals surface area contributed by atoms with Gasteiger partial charge in [0.15, 0.2) is 6.29 Å². The van der Waals surface area contributed by atoms with Crippen molar-refractivity contribution in [3.63, 3.8) is 0 Å². The summed E-state index contributed by atoms with van der Waals surface area (Å²) in [7, 11) is 0. The van der Waals surface area contributed by atoms with Crippen LogP contribution >= 0.6 is 11.3 Å². The molecule has 0 saturated carbocycles. The molecular formula is C18H14OS. The molecule has 0 saturated heterocycles. The maximum Gasteiger partial charge on any atom is 0.160 e. The van der Waals surface area contributed by atoms with E-state index in [1.54, 1.807) is 0 Å². The minimum absolute atomic E-state index is 0.768. The van der Waals surface area contributed by atoms with Gasteiger partial charge in [0.1, 0.15) is 0 Å². The number of hydrogen-bond donors (Lipinski definition) is 0. The zero-order chi connectivity index (χ0) is 13.9. The lowest BCUT2D eigenvalue weighted by Crippen LogP contribution is -1.86. The van der Waals surface area contributed by atoms with Crippen LogP contribution in [0.1, 0.15) is 15.2 Å². The molecule has 0 amide bonds. The highest BCUT2D eigenvalue weighted by Crippen LogP contribution is 2.34. The van der Waals surface area contributed by atoms with Gasteiger partial charge in [-0.05, 0) is 41.3 Å². The average molecular weight is 278 g/mol. The van der Waals surface area contributed by atoms with Gasteiger partial charge in [-0.1, -0.05) is 48.5 Å². The van der Waals surface area contributed by atoms with E-state index in [1.807, 2.05) is 18.2 Å². The van der Waals surface area contributed by atoms with Crippen LogP contribution in [0, 0.1) is 6.92 Å². The summed E-state index contributed by atoms with van der Waals surface area (Å²) < 4.78 is 0. The third-order valence-electron chi connectivity index (χ3n) is 3.43. The number of carbonyl (C=O) groups is 1. The molecule has 0 unspecified atom stereocenters. The predicted octanol–water partition coefficient (Wildman–Crippen LogP) is 5.20. The minimum Gasteiger partial charge on any atom is -0.297 e. The Morgan fingerprint density at radius 3 is 2.30 bits per heavy atom. The Kier molecular flexibility index (Phi) is 3.48. The molecule has 1 aromatic heterocycles. The highest BCUT2D eigenvalue weighted by molar-refractivity contribution is 7.17. The number of rotatable bonds is 3. The van der Waals surface area contributed by atoms with Crippen molar-refractivity contribution in [2.75, 3.05) is 0 Å². The number of benzene rings is 2. The van der Waals surface area contributed by atoms with E-state index >= 15 is 0 Å². The van der Waals surface area contributed by atoms with E-state index in [-0.39, 0.29) is 0 Å². The Labute approximate surface area is 122 Å². The third-order valence-corrected chi connectivity index (χ3v) is 4.47. The van der Waals surface area contributed by atoms with Crippen LogP contribution in [0.15, 0.2) is 60.7 Å². The molecule has 98 valence electrons. The van der Waals surface area contributed by atoms with Crippen LogP contribution in [-0.2, 0) is 0 Å². The highest BCUT2D eigenvalue weighted by Gasteiger charge is 2.09. The Balaban J connectivity index is 2.12. The fourth-order valence-electron chi connectivity index (χ4n) is 2.39. The van der Waals surface area contributed by atoms with Gasteiger partial charge in [0.25, 0.3) is 0 Å². The summed E-state index contributed by atoms with van der Waals surface area (Å²) in [6.07, 6.45) is 0.907. The van der Waals surface area contributed by atoms with E-state index in [9.17, 15) is 4.79 Å². The largest absolute Gasteiger partial charge is 0.297 e. The number of carbonyl (C=O) groups excluding carboxylic acids is 1. The van der Waals surface area contributed by atoms with Crippen molar-refractivity contribution in [1.82, 2.24) is 0 Å². The normalized spacial score (nSPS) is 10.4. The molecule has 0 fully saturated rings. The maximum atomic E-state index is 10.8. The lowest BCUT2D eigenvalue weighted by atomic mass is 9.96. The van der Waals surface area contributed by atoms with Gasteiger partial charge >= 0.3 is 0 Å². The Morgan fingerprint density at radius 2 is 1.60 bits per heavy atom. The molecule has 1 nitrogen and oxygen atoms in total. The van der Waals surface area contributed by atoms with Gasteiger partial charge in [-0.2, -0.15) is 0 Å². The van der Waals surface area contributed by atoms with Gasteiger partial charge in [0, 0.05) is 4.88 Å². The summed E-state index contributed by atoms with van der Waals surface area (Å²) >= 11 is 1.54. The molecule has 0 spiro atoms. The summed E-state index contributed by atoms with van der Waals surface area (Å²) in [5.41, 5.74) is 4.91. The lowest BCUT2D eigenvalue weighted by molar-refractivity contribution is 0.112. The van der Waals surface area contributed by atoms with Gasteiger partial charge in [-0.3, -0.25) is 4.79 Å². The van der Waals surface area contributed by atoms with Crippen LogP contribution in [0.5, 0.6) is 0 Å². The molecule has 2 aromatic carbocycles. The summed E-state index contributed by atoms with van der Waals surface area (Å²) in [4.78, 5) is 12.7. The Morgan fingerprint density at radius 1 is 0.850 bits per heavy atom. The van der Waals surface area contributed by atoms with E-state index in [0.717, 1.165) is 16.0 Å². The maximum absolute atomic E-state index is 10.8. The van der Waals surface area contributed by atoms with Crippen LogP contribution in [0.2, 0.25) is 0 Å². The minimum atomic E-state index is 0.768. The molecule has 2 heteroatoms. The van der Waals surface area contributed by atoms with Crippen molar-refractivity contribution in [3.05, 3.63) is 71.1 Å². The van der Waals surface area contributed by atoms with E-state index in [0.29, 0.717) is 0 Å². The Bertz CT molecular complexity index is 741. The molecule has 3 rings (SSSR count). The highest BCUT2D eigenvalue weighted by atomic mass is 32.1. The van der Waals surface area contributed by atoms with E-state index < -0.39 is 0 Å². The second-order valence-electron chi connectivity index (χ2n) is 4.66. The van der Waals surface area contributed by atoms with Crippen molar-refractivity contribution >= 4 is 17.6 Å². The van der Waals surface area contributed by atoms with Crippen LogP contribution in [-0.4, -0.2) is 6.29 Å². The smallest absolute Gasteiger partial charge is 0.160 e. The van der Waals surface area contributed by atoms with Crippen LogP contribution in [0.4, 0.5) is 0 Å². The first-order chi connectivity index (χ1) is 9.79. The molecule has 0 aliphatic heterocycles. The van der Waals surface area contributed by atoms with Crippen molar-refractivity contribution in [1.29, 1.82) is 0 Å². The molecule has 20 heavy (non-hydrogen) atoms. The predicted molar refractivity (Wildman–Crippen MR) is 85.3 cm³/mol. The van der Waals surface area contributed by atoms with Gasteiger partial charge in [0.2, 0.25) is 0 Å². The van der Waals surface area contributed by atoms with Crippen LogP contribution in [0.3, 0.4) is 0 Å². The molecule has 1 heterocycles. The molecule has 0 atom stereocenters. The SMILES string of the molecule is Cc1c(-c2ccccc2)cccc1-c1ccc(C=O)s1. The summed E-state index contributed by atoms with van der Waals surface area (Å²) in [5, 5.41) is 0. The molecule has 0 radical (unpaired) electrons. The lowest BCUT2D eigenvalue weighted by Gasteiger charge is -2.10. The molecule has 0 bridgehead atoms. The first kappa shape index (κ1) is 12.8. The monoisotopic (exact) mass is 278 g/mol. The first-order valence-corrected chi connectivity index (χ1v) is 7.31. The third kappa shape index (κ3) is 2.30. The second-order valence-corrected chi connectivity index (χ2v) is 5.78. The number of hydrogen-bond acceptors (Lipinski definition) is 2. The second kappa shape index (κ2) is 5.43. The first-order valence-electron chi connectivity index (χ1n) is 6.50. The molecule has 3 aromatic rings. The van der Waals surface area contributed by atoms with Gasteiger partial charge in [-0.15, -0.1) is 11.3 Å². The molecule has 0 aliphatic carbocycles. The van der Waals surface area contributed by atoms with Crippen LogP contribution < -0.4 is 0 Å². The fraction of sp³-hybridized carbons (Fsp3) is 0.0556. The van der Waals surface area contributed by atoms with Gasteiger partial charge < -0.3 is 0 Å². The average Bonchev–Trinajstić information content (AvgIpc) is 2.97. The zero-order valence-corrected chi connectivity index (χ0v) is 12.0. The van der Waals surface area contributed by atoms with Crippen molar-refractivity contribution in [2.24, 2.45) is 0 Å². The van der Waals surface area contributed by atoms with Gasteiger partial charge in [0.05, 0.1) is 4.88 Å². The van der Waals surface area contributed by atoms with E-state index in [2.05, 4.69) is 49.4 Å².